The second-order valence-electron chi connectivity index (χ2n) is 6.38. The van der Waals surface area contributed by atoms with Crippen LogP contribution in [0.25, 0.3) is 15.8 Å². The Morgan fingerprint density at radius 1 is 1.30 bits per heavy atom. The van der Waals surface area contributed by atoms with Crippen molar-refractivity contribution in [2.45, 2.75) is 33.6 Å². The lowest BCUT2D eigenvalue weighted by Gasteiger charge is -2.28. The number of hydrogen-bond donors (Lipinski definition) is 1. The SMILES string of the molecule is [C-]#[N+]C1=C(C)NC(C)=C(C(=O)OCC)C1c1cccc2c(=O)cc(C)oc12. The number of hydrogen-bond acceptors (Lipinski definition) is 5. The third-order valence-electron chi connectivity index (χ3n) is 4.56. The quantitative estimate of drug-likeness (QED) is 0.663. The van der Waals surface area contributed by atoms with Gasteiger partial charge in [-0.25, -0.2) is 9.64 Å². The zero-order chi connectivity index (χ0) is 19.7. The molecule has 27 heavy (non-hydrogen) atoms. The molecule has 1 unspecified atom stereocenters. The molecule has 3 rings (SSSR count). The fourth-order valence-corrected chi connectivity index (χ4v) is 3.46. The molecule has 2 heterocycles. The molecule has 1 aliphatic rings. The predicted octanol–water partition coefficient (Wildman–Crippen LogP) is 3.78. The van der Waals surface area contributed by atoms with E-state index in [0.717, 1.165) is 0 Å². The van der Waals surface area contributed by atoms with E-state index in [2.05, 4.69) is 10.2 Å². The monoisotopic (exact) mass is 364 g/mol. The molecule has 1 aromatic heterocycles. The normalized spacial score (nSPS) is 16.9. The maximum Gasteiger partial charge on any atom is 0.335 e. The summed E-state index contributed by atoms with van der Waals surface area (Å²) in [5.41, 5.74) is 2.84. The highest BCUT2D eigenvalue weighted by Gasteiger charge is 2.36. The number of para-hydroxylation sites is 1. The van der Waals surface area contributed by atoms with Gasteiger partial charge in [0.15, 0.2) is 11.1 Å². The van der Waals surface area contributed by atoms with Gasteiger partial charge in [0.2, 0.25) is 0 Å². The molecular formula is C21H20N2O4. The van der Waals surface area contributed by atoms with Crippen LogP contribution < -0.4 is 10.7 Å². The Balaban J connectivity index is 2.36. The van der Waals surface area contributed by atoms with Crippen molar-refractivity contribution in [3.8, 4) is 0 Å². The van der Waals surface area contributed by atoms with Gasteiger partial charge in [0.1, 0.15) is 11.3 Å². The molecule has 6 heteroatoms. The van der Waals surface area contributed by atoms with Gasteiger partial charge in [-0.05, 0) is 39.3 Å². The summed E-state index contributed by atoms with van der Waals surface area (Å²) in [4.78, 5) is 28.7. The van der Waals surface area contributed by atoms with Gasteiger partial charge in [-0.3, -0.25) is 4.79 Å². The fraction of sp³-hybridized carbons (Fsp3) is 0.286. The molecule has 0 saturated carbocycles. The zero-order valence-corrected chi connectivity index (χ0v) is 15.7. The first-order valence-corrected chi connectivity index (χ1v) is 8.65. The Labute approximate surface area is 157 Å². The highest BCUT2D eigenvalue weighted by Crippen LogP contribution is 2.41. The fourth-order valence-electron chi connectivity index (χ4n) is 3.46. The number of dihydropyridines is 1. The van der Waals surface area contributed by atoms with Gasteiger partial charge < -0.3 is 14.5 Å². The number of allylic oxidation sites excluding steroid dienone is 3. The summed E-state index contributed by atoms with van der Waals surface area (Å²) in [5.74, 6) is -0.693. The molecule has 0 amide bonds. The van der Waals surface area contributed by atoms with Gasteiger partial charge in [-0.1, -0.05) is 12.1 Å². The van der Waals surface area contributed by atoms with E-state index in [1.54, 1.807) is 45.9 Å². The van der Waals surface area contributed by atoms with Gasteiger partial charge in [-0.2, -0.15) is 0 Å². The Morgan fingerprint density at radius 2 is 2.04 bits per heavy atom. The van der Waals surface area contributed by atoms with Crippen LogP contribution in [-0.2, 0) is 9.53 Å². The number of fused-ring (bicyclic) bond motifs is 1. The predicted molar refractivity (Wildman–Crippen MR) is 102 cm³/mol. The van der Waals surface area contributed by atoms with E-state index in [9.17, 15) is 9.59 Å². The summed E-state index contributed by atoms with van der Waals surface area (Å²) in [5, 5.41) is 3.51. The number of aryl methyl sites for hydroxylation is 1. The molecule has 1 N–H and O–H groups in total. The van der Waals surface area contributed by atoms with Gasteiger partial charge in [0.25, 0.3) is 0 Å². The van der Waals surface area contributed by atoms with Crippen LogP contribution >= 0.6 is 0 Å². The van der Waals surface area contributed by atoms with Crippen molar-refractivity contribution >= 4 is 16.9 Å². The molecule has 0 saturated heterocycles. The minimum atomic E-state index is -0.670. The lowest BCUT2D eigenvalue weighted by atomic mass is 9.83. The smallest absolute Gasteiger partial charge is 0.335 e. The van der Waals surface area contributed by atoms with E-state index in [1.807, 2.05) is 0 Å². The first-order valence-electron chi connectivity index (χ1n) is 8.65. The third kappa shape index (κ3) is 3.13. The van der Waals surface area contributed by atoms with Crippen molar-refractivity contribution in [1.82, 2.24) is 5.32 Å². The van der Waals surface area contributed by atoms with E-state index in [0.29, 0.717) is 45.0 Å². The summed E-state index contributed by atoms with van der Waals surface area (Å²) in [6, 6.07) is 6.63. The van der Waals surface area contributed by atoms with Crippen molar-refractivity contribution in [3.63, 3.8) is 0 Å². The van der Waals surface area contributed by atoms with Crippen molar-refractivity contribution < 1.29 is 13.9 Å². The second kappa shape index (κ2) is 7.12. The Morgan fingerprint density at radius 3 is 2.70 bits per heavy atom. The van der Waals surface area contributed by atoms with Gasteiger partial charge >= 0.3 is 5.97 Å². The molecule has 1 atom stereocenters. The van der Waals surface area contributed by atoms with Crippen LogP contribution in [0.15, 0.2) is 56.1 Å². The van der Waals surface area contributed by atoms with Crippen molar-refractivity contribution in [1.29, 1.82) is 0 Å². The summed E-state index contributed by atoms with van der Waals surface area (Å²) >= 11 is 0. The number of carbonyl (C=O) groups is 1. The summed E-state index contributed by atoms with van der Waals surface area (Å²) in [6.45, 7) is 14.9. The summed E-state index contributed by atoms with van der Waals surface area (Å²) in [6.07, 6.45) is 0. The topological polar surface area (TPSA) is 72.9 Å². The van der Waals surface area contributed by atoms with Crippen molar-refractivity contribution in [3.05, 3.63) is 79.9 Å². The highest BCUT2D eigenvalue weighted by molar-refractivity contribution is 5.94. The summed E-state index contributed by atoms with van der Waals surface area (Å²) < 4.78 is 11.1. The molecule has 0 spiro atoms. The van der Waals surface area contributed by atoms with E-state index in [4.69, 9.17) is 15.7 Å². The number of ether oxygens (including phenoxy) is 1. The third-order valence-corrected chi connectivity index (χ3v) is 4.56. The second-order valence-corrected chi connectivity index (χ2v) is 6.38. The number of esters is 1. The van der Waals surface area contributed by atoms with Crippen molar-refractivity contribution in [2.24, 2.45) is 0 Å². The first kappa shape index (κ1) is 18.5. The highest BCUT2D eigenvalue weighted by atomic mass is 16.5. The minimum absolute atomic E-state index is 0.159. The van der Waals surface area contributed by atoms with E-state index in [1.165, 1.54) is 6.07 Å². The average Bonchev–Trinajstić information content (AvgIpc) is 2.60. The number of nitrogens with zero attached hydrogens (tertiary/aromatic N) is 1. The standard InChI is InChI=1S/C21H20N2O4/c1-6-26-21(25)17-12(3)23-13(4)19(22-5)18(17)15-9-7-8-14-16(24)10-11(2)27-20(14)15/h7-10,18,23H,6H2,1-4H3. The molecular weight excluding hydrogens is 344 g/mol. The number of nitrogens with one attached hydrogen (secondary N) is 1. The summed E-state index contributed by atoms with van der Waals surface area (Å²) in [7, 11) is 0. The van der Waals surface area contributed by atoms with E-state index >= 15 is 0 Å². The largest absolute Gasteiger partial charge is 0.463 e. The number of rotatable bonds is 3. The molecule has 0 bridgehead atoms. The molecule has 1 aromatic carbocycles. The number of carbonyl (C=O) groups excluding carboxylic acids is 1. The Kier molecular flexibility index (Phi) is 4.87. The molecule has 0 radical (unpaired) electrons. The van der Waals surface area contributed by atoms with Crippen LogP contribution in [0, 0.1) is 13.5 Å². The molecule has 6 nitrogen and oxygen atoms in total. The van der Waals surface area contributed by atoms with Crippen LogP contribution in [0.1, 0.15) is 38.0 Å². The Hall–Kier alpha value is -3.33. The average molecular weight is 364 g/mol. The molecule has 1 aliphatic heterocycles. The van der Waals surface area contributed by atoms with Crippen LogP contribution in [0.4, 0.5) is 0 Å². The van der Waals surface area contributed by atoms with Gasteiger partial charge in [0, 0.05) is 17.5 Å². The van der Waals surface area contributed by atoms with Gasteiger partial charge in [-0.15, -0.1) is 0 Å². The Bertz CT molecular complexity index is 1100. The minimum Gasteiger partial charge on any atom is -0.463 e. The maximum absolute atomic E-state index is 12.7. The van der Waals surface area contributed by atoms with Crippen LogP contribution in [0.5, 0.6) is 0 Å². The lowest BCUT2D eigenvalue weighted by Crippen LogP contribution is -2.28. The first-order chi connectivity index (χ1) is 12.9. The van der Waals surface area contributed by atoms with E-state index in [-0.39, 0.29) is 12.0 Å². The molecule has 0 aliphatic carbocycles. The van der Waals surface area contributed by atoms with Crippen LogP contribution in [-0.4, -0.2) is 12.6 Å². The zero-order valence-electron chi connectivity index (χ0n) is 15.7. The van der Waals surface area contributed by atoms with E-state index < -0.39 is 11.9 Å². The van der Waals surface area contributed by atoms with Gasteiger partial charge in [0.05, 0.1) is 30.1 Å². The van der Waals surface area contributed by atoms with Crippen LogP contribution in [0.3, 0.4) is 0 Å². The van der Waals surface area contributed by atoms with Crippen LogP contribution in [0.2, 0.25) is 0 Å². The number of benzene rings is 1. The molecule has 2 aromatic rings. The maximum atomic E-state index is 12.7. The lowest BCUT2D eigenvalue weighted by molar-refractivity contribution is -0.138. The van der Waals surface area contributed by atoms with Crippen molar-refractivity contribution in [2.75, 3.05) is 6.61 Å². The molecule has 138 valence electrons. The molecule has 0 fully saturated rings.